The van der Waals surface area contributed by atoms with Gasteiger partial charge in [0.05, 0.1) is 12.6 Å². The van der Waals surface area contributed by atoms with Crippen LogP contribution in [-0.2, 0) is 0 Å². The maximum atomic E-state index is 9.30. The third kappa shape index (κ3) is 3.16. The highest BCUT2D eigenvalue weighted by atomic mass is 16.3. The minimum Gasteiger partial charge on any atom is -0.394 e. The SMILES string of the molecule is CC(C)[C@@H](CO)Nc1nc(N)nc(-n2ccnc2)n1. The van der Waals surface area contributed by atoms with E-state index >= 15 is 0 Å². The van der Waals surface area contributed by atoms with Crippen LogP contribution in [0.4, 0.5) is 11.9 Å². The number of rotatable bonds is 5. The Morgan fingerprint density at radius 1 is 1.37 bits per heavy atom. The van der Waals surface area contributed by atoms with Crippen LogP contribution in [0, 0.1) is 5.92 Å². The number of nitrogens with two attached hydrogens (primary N) is 1. The summed E-state index contributed by atoms with van der Waals surface area (Å²) in [5, 5.41) is 12.3. The van der Waals surface area contributed by atoms with Crippen LogP contribution in [0.25, 0.3) is 5.95 Å². The van der Waals surface area contributed by atoms with E-state index in [-0.39, 0.29) is 24.5 Å². The predicted octanol–water partition coefficient (Wildman–Crippen LogP) is 0.0683. The first kappa shape index (κ1) is 13.2. The first-order chi connectivity index (χ1) is 9.10. The molecule has 19 heavy (non-hydrogen) atoms. The van der Waals surface area contributed by atoms with E-state index in [1.54, 1.807) is 23.3 Å². The van der Waals surface area contributed by atoms with Gasteiger partial charge in [0, 0.05) is 12.4 Å². The summed E-state index contributed by atoms with van der Waals surface area (Å²) in [6, 6.07) is -0.141. The van der Waals surface area contributed by atoms with E-state index in [9.17, 15) is 5.11 Å². The van der Waals surface area contributed by atoms with Crippen molar-refractivity contribution in [2.75, 3.05) is 17.7 Å². The predicted molar refractivity (Wildman–Crippen MR) is 70.7 cm³/mol. The van der Waals surface area contributed by atoms with Crippen LogP contribution < -0.4 is 11.1 Å². The summed E-state index contributed by atoms with van der Waals surface area (Å²) in [6.45, 7) is 3.98. The zero-order valence-electron chi connectivity index (χ0n) is 10.9. The van der Waals surface area contributed by atoms with Crippen molar-refractivity contribution in [1.29, 1.82) is 0 Å². The van der Waals surface area contributed by atoms with E-state index < -0.39 is 0 Å². The van der Waals surface area contributed by atoms with Crippen molar-refractivity contribution in [2.24, 2.45) is 5.92 Å². The molecular weight excluding hydrogens is 246 g/mol. The summed E-state index contributed by atoms with van der Waals surface area (Å²) in [5.74, 6) is 1.07. The fourth-order valence-corrected chi connectivity index (χ4v) is 1.53. The second-order valence-corrected chi connectivity index (χ2v) is 4.46. The van der Waals surface area contributed by atoms with E-state index in [1.807, 2.05) is 13.8 Å². The first-order valence-electron chi connectivity index (χ1n) is 5.97. The van der Waals surface area contributed by atoms with Crippen LogP contribution in [0.15, 0.2) is 18.7 Å². The average molecular weight is 263 g/mol. The van der Waals surface area contributed by atoms with Crippen LogP contribution in [0.2, 0.25) is 0 Å². The fraction of sp³-hybridized carbons (Fsp3) is 0.455. The molecule has 8 heteroatoms. The number of anilines is 2. The number of aromatic nitrogens is 5. The fourth-order valence-electron chi connectivity index (χ4n) is 1.53. The molecule has 0 aliphatic heterocycles. The number of imidazole rings is 1. The molecule has 0 unspecified atom stereocenters. The molecule has 0 fully saturated rings. The number of nitrogens with zero attached hydrogens (tertiary/aromatic N) is 5. The molecule has 2 heterocycles. The van der Waals surface area contributed by atoms with Crippen molar-refractivity contribution < 1.29 is 5.11 Å². The number of aliphatic hydroxyl groups is 1. The van der Waals surface area contributed by atoms with Gasteiger partial charge >= 0.3 is 0 Å². The molecule has 0 saturated carbocycles. The van der Waals surface area contributed by atoms with E-state index in [0.29, 0.717) is 11.9 Å². The molecule has 0 saturated heterocycles. The zero-order chi connectivity index (χ0) is 13.8. The maximum absolute atomic E-state index is 9.30. The molecule has 2 aromatic rings. The van der Waals surface area contributed by atoms with Gasteiger partial charge in [-0.25, -0.2) is 4.98 Å². The van der Waals surface area contributed by atoms with Gasteiger partial charge in [0.1, 0.15) is 6.33 Å². The van der Waals surface area contributed by atoms with Crippen LogP contribution in [0.3, 0.4) is 0 Å². The monoisotopic (exact) mass is 263 g/mol. The van der Waals surface area contributed by atoms with Gasteiger partial charge < -0.3 is 16.2 Å². The Kier molecular flexibility index (Phi) is 3.91. The van der Waals surface area contributed by atoms with Gasteiger partial charge in [-0.15, -0.1) is 0 Å². The van der Waals surface area contributed by atoms with Gasteiger partial charge in [0.15, 0.2) is 0 Å². The smallest absolute Gasteiger partial charge is 0.241 e. The molecule has 0 spiro atoms. The van der Waals surface area contributed by atoms with Crippen molar-refractivity contribution >= 4 is 11.9 Å². The van der Waals surface area contributed by atoms with Gasteiger partial charge in [-0.05, 0) is 5.92 Å². The molecule has 0 bridgehead atoms. The highest BCUT2D eigenvalue weighted by Crippen LogP contribution is 2.11. The lowest BCUT2D eigenvalue weighted by Gasteiger charge is -2.19. The van der Waals surface area contributed by atoms with Gasteiger partial charge in [-0.2, -0.15) is 15.0 Å². The molecular formula is C11H17N7O. The lowest BCUT2D eigenvalue weighted by Crippen LogP contribution is -2.30. The lowest BCUT2D eigenvalue weighted by atomic mass is 10.1. The average Bonchev–Trinajstić information content (AvgIpc) is 2.88. The number of aliphatic hydroxyl groups excluding tert-OH is 1. The molecule has 2 aromatic heterocycles. The second-order valence-electron chi connectivity index (χ2n) is 4.46. The van der Waals surface area contributed by atoms with Crippen LogP contribution in [0.5, 0.6) is 0 Å². The second kappa shape index (κ2) is 5.61. The molecule has 102 valence electrons. The third-order valence-corrected chi connectivity index (χ3v) is 2.69. The standard InChI is InChI=1S/C11H17N7O/c1-7(2)8(5-19)14-10-15-9(12)16-11(17-10)18-4-3-13-6-18/h3-4,6-8,19H,5H2,1-2H3,(H3,12,14,15,16,17)/t8-/m1/s1. The molecule has 0 aliphatic carbocycles. The number of nitrogens with one attached hydrogen (secondary N) is 1. The Labute approximate surface area is 110 Å². The Hall–Kier alpha value is -2.22. The summed E-state index contributed by atoms with van der Waals surface area (Å²) >= 11 is 0. The summed E-state index contributed by atoms with van der Waals surface area (Å²) in [6.07, 6.45) is 4.91. The molecule has 1 atom stereocenters. The van der Waals surface area contributed by atoms with Gasteiger partial charge in [-0.3, -0.25) is 4.57 Å². The zero-order valence-corrected chi connectivity index (χ0v) is 10.9. The van der Waals surface area contributed by atoms with Crippen LogP contribution >= 0.6 is 0 Å². The van der Waals surface area contributed by atoms with Crippen molar-refractivity contribution in [3.05, 3.63) is 18.7 Å². The highest BCUT2D eigenvalue weighted by Gasteiger charge is 2.14. The van der Waals surface area contributed by atoms with Crippen molar-refractivity contribution in [2.45, 2.75) is 19.9 Å². The van der Waals surface area contributed by atoms with Gasteiger partial charge in [-0.1, -0.05) is 13.8 Å². The lowest BCUT2D eigenvalue weighted by molar-refractivity contribution is 0.248. The van der Waals surface area contributed by atoms with E-state index in [4.69, 9.17) is 5.73 Å². The van der Waals surface area contributed by atoms with Crippen LogP contribution in [-0.4, -0.2) is 42.3 Å². The highest BCUT2D eigenvalue weighted by molar-refractivity contribution is 5.36. The summed E-state index contributed by atoms with van der Waals surface area (Å²) in [7, 11) is 0. The molecule has 0 amide bonds. The first-order valence-corrected chi connectivity index (χ1v) is 5.97. The Morgan fingerprint density at radius 3 is 2.74 bits per heavy atom. The minimum atomic E-state index is -0.141. The molecule has 2 rings (SSSR count). The number of hydrogen-bond donors (Lipinski definition) is 3. The quantitative estimate of drug-likeness (QED) is 0.699. The normalized spacial score (nSPS) is 12.6. The minimum absolute atomic E-state index is 0.0103. The number of nitrogen functional groups attached to an aromatic ring is 1. The van der Waals surface area contributed by atoms with Crippen molar-refractivity contribution in [3.63, 3.8) is 0 Å². The van der Waals surface area contributed by atoms with Crippen molar-refractivity contribution in [3.8, 4) is 5.95 Å². The topological polar surface area (TPSA) is 115 Å². The summed E-state index contributed by atoms with van der Waals surface area (Å²) in [4.78, 5) is 16.2. The van der Waals surface area contributed by atoms with Gasteiger partial charge in [0.2, 0.25) is 17.8 Å². The van der Waals surface area contributed by atoms with E-state index in [1.165, 1.54) is 0 Å². The molecule has 8 nitrogen and oxygen atoms in total. The Balaban J connectivity index is 2.27. The Bertz CT molecular complexity index is 526. The summed E-state index contributed by atoms with van der Waals surface area (Å²) < 4.78 is 1.63. The number of hydrogen-bond acceptors (Lipinski definition) is 7. The molecule has 0 aliphatic rings. The maximum Gasteiger partial charge on any atom is 0.241 e. The van der Waals surface area contributed by atoms with Crippen molar-refractivity contribution in [1.82, 2.24) is 24.5 Å². The van der Waals surface area contributed by atoms with Gasteiger partial charge in [0.25, 0.3) is 0 Å². The third-order valence-electron chi connectivity index (χ3n) is 2.69. The molecule has 0 aromatic carbocycles. The molecule has 4 N–H and O–H groups in total. The summed E-state index contributed by atoms with van der Waals surface area (Å²) in [5.41, 5.74) is 5.66. The molecule has 0 radical (unpaired) electrons. The van der Waals surface area contributed by atoms with E-state index in [2.05, 4.69) is 25.3 Å². The largest absolute Gasteiger partial charge is 0.394 e. The van der Waals surface area contributed by atoms with Crippen LogP contribution in [0.1, 0.15) is 13.8 Å². The van der Waals surface area contributed by atoms with E-state index in [0.717, 1.165) is 0 Å². The Morgan fingerprint density at radius 2 is 2.16 bits per heavy atom.